The van der Waals surface area contributed by atoms with E-state index >= 15 is 0 Å². The molecule has 10 heteroatoms. The molecule has 2 aromatic carbocycles. The van der Waals surface area contributed by atoms with Crippen LogP contribution in [0.2, 0.25) is 0 Å². The lowest BCUT2D eigenvalue weighted by Gasteiger charge is -2.26. The van der Waals surface area contributed by atoms with E-state index in [1.165, 1.54) is 44.0 Å². The first-order chi connectivity index (χ1) is 14.4. The van der Waals surface area contributed by atoms with E-state index < -0.39 is 22.5 Å². The molecule has 0 radical (unpaired) electrons. The molecule has 3 rings (SSSR count). The van der Waals surface area contributed by atoms with E-state index in [0.717, 1.165) is 4.31 Å². The standard InChI is InChI=1S/C20H21N3O5S2/c1-14-17(13-29-22-14)21-20(24)12-23(30(25,26)16-7-5-4-6-8-16)18-11-15(27-2)9-10-19(18)28-3/h4-11,13H,12H2,1-3H3,(H,21,24). The van der Waals surface area contributed by atoms with Gasteiger partial charge in [0.1, 0.15) is 18.0 Å². The quantitative estimate of drug-likeness (QED) is 0.569. The van der Waals surface area contributed by atoms with Gasteiger partial charge in [-0.1, -0.05) is 18.2 Å². The third-order valence-electron chi connectivity index (χ3n) is 4.30. The Morgan fingerprint density at radius 1 is 1.13 bits per heavy atom. The van der Waals surface area contributed by atoms with Gasteiger partial charge in [0.15, 0.2) is 0 Å². The molecule has 30 heavy (non-hydrogen) atoms. The largest absolute Gasteiger partial charge is 0.497 e. The van der Waals surface area contributed by atoms with Crippen LogP contribution in [0.1, 0.15) is 5.69 Å². The minimum atomic E-state index is -4.07. The number of methoxy groups -OCH3 is 2. The van der Waals surface area contributed by atoms with E-state index in [2.05, 4.69) is 9.69 Å². The van der Waals surface area contributed by atoms with Crippen LogP contribution in [0.25, 0.3) is 0 Å². The lowest BCUT2D eigenvalue weighted by atomic mass is 10.2. The number of carbonyl (C=O) groups excluding carboxylic acids is 1. The zero-order chi connectivity index (χ0) is 21.7. The third kappa shape index (κ3) is 4.55. The molecule has 0 atom stereocenters. The number of hydrogen-bond acceptors (Lipinski definition) is 7. The summed E-state index contributed by atoms with van der Waals surface area (Å²) in [5.74, 6) is 0.205. The topological polar surface area (TPSA) is 97.8 Å². The molecule has 1 heterocycles. The molecule has 0 aliphatic heterocycles. The van der Waals surface area contributed by atoms with Gasteiger partial charge in [-0.05, 0) is 42.7 Å². The van der Waals surface area contributed by atoms with Crippen molar-refractivity contribution in [2.45, 2.75) is 11.8 Å². The highest BCUT2D eigenvalue weighted by molar-refractivity contribution is 7.92. The molecule has 0 fully saturated rings. The highest BCUT2D eigenvalue weighted by Crippen LogP contribution is 2.35. The second-order valence-corrected chi connectivity index (χ2v) is 8.72. The van der Waals surface area contributed by atoms with Crippen LogP contribution in [0.3, 0.4) is 0 Å². The van der Waals surface area contributed by atoms with Crippen LogP contribution >= 0.6 is 11.5 Å². The number of aromatic nitrogens is 1. The van der Waals surface area contributed by atoms with Crippen molar-refractivity contribution in [3.63, 3.8) is 0 Å². The average Bonchev–Trinajstić information content (AvgIpc) is 3.16. The number of amides is 1. The number of sulfonamides is 1. The summed E-state index contributed by atoms with van der Waals surface area (Å²) in [6.45, 7) is 1.30. The van der Waals surface area contributed by atoms with Gasteiger partial charge in [-0.15, -0.1) is 0 Å². The van der Waals surface area contributed by atoms with Crippen LogP contribution in [0, 0.1) is 6.92 Å². The van der Waals surface area contributed by atoms with Gasteiger partial charge in [-0.2, -0.15) is 4.37 Å². The van der Waals surface area contributed by atoms with Gasteiger partial charge in [0.2, 0.25) is 5.91 Å². The van der Waals surface area contributed by atoms with Crippen LogP contribution in [0.4, 0.5) is 11.4 Å². The van der Waals surface area contributed by atoms with E-state index in [1.807, 2.05) is 0 Å². The zero-order valence-electron chi connectivity index (χ0n) is 16.7. The lowest BCUT2D eigenvalue weighted by molar-refractivity contribution is -0.114. The van der Waals surface area contributed by atoms with Crippen molar-refractivity contribution < 1.29 is 22.7 Å². The zero-order valence-corrected chi connectivity index (χ0v) is 18.3. The fraction of sp³-hybridized carbons (Fsp3) is 0.200. The summed E-state index contributed by atoms with van der Waals surface area (Å²) in [4.78, 5) is 12.8. The van der Waals surface area contributed by atoms with Crippen LogP contribution < -0.4 is 19.1 Å². The summed E-state index contributed by atoms with van der Waals surface area (Å²) in [5.41, 5.74) is 1.39. The summed E-state index contributed by atoms with van der Waals surface area (Å²) >= 11 is 1.20. The summed E-state index contributed by atoms with van der Waals surface area (Å²) in [6.07, 6.45) is 0. The van der Waals surface area contributed by atoms with Gasteiger partial charge in [-0.25, -0.2) is 8.42 Å². The number of rotatable bonds is 8. The first kappa shape index (κ1) is 21.6. The molecule has 0 saturated carbocycles. The maximum Gasteiger partial charge on any atom is 0.264 e. The van der Waals surface area contributed by atoms with E-state index in [1.54, 1.807) is 42.6 Å². The predicted octanol–water partition coefficient (Wildman–Crippen LogP) is 3.30. The second-order valence-electron chi connectivity index (χ2n) is 6.22. The van der Waals surface area contributed by atoms with E-state index in [9.17, 15) is 13.2 Å². The SMILES string of the molecule is COc1ccc(OC)c(N(CC(=O)Nc2csnc2C)S(=O)(=O)c2ccccc2)c1. The number of hydrogen-bond donors (Lipinski definition) is 1. The molecule has 3 aromatic rings. The Morgan fingerprint density at radius 3 is 2.47 bits per heavy atom. The minimum Gasteiger partial charge on any atom is -0.497 e. The second kappa shape index (κ2) is 9.14. The van der Waals surface area contributed by atoms with Crippen molar-refractivity contribution >= 4 is 38.8 Å². The maximum atomic E-state index is 13.4. The highest BCUT2D eigenvalue weighted by atomic mass is 32.2. The predicted molar refractivity (Wildman–Crippen MR) is 116 cm³/mol. The Morgan fingerprint density at radius 2 is 1.87 bits per heavy atom. The molecular weight excluding hydrogens is 426 g/mol. The van der Waals surface area contributed by atoms with Gasteiger partial charge in [0, 0.05) is 11.4 Å². The van der Waals surface area contributed by atoms with Crippen molar-refractivity contribution in [3.8, 4) is 11.5 Å². The monoisotopic (exact) mass is 447 g/mol. The normalized spacial score (nSPS) is 11.0. The molecule has 1 N–H and O–H groups in total. The third-order valence-corrected chi connectivity index (χ3v) is 6.79. The molecule has 1 amide bonds. The average molecular weight is 448 g/mol. The number of benzene rings is 2. The van der Waals surface area contributed by atoms with Crippen molar-refractivity contribution in [3.05, 3.63) is 59.6 Å². The Kier molecular flexibility index (Phi) is 6.58. The first-order valence-electron chi connectivity index (χ1n) is 8.87. The lowest BCUT2D eigenvalue weighted by Crippen LogP contribution is -2.38. The van der Waals surface area contributed by atoms with E-state index in [0.29, 0.717) is 17.1 Å². The fourth-order valence-electron chi connectivity index (χ4n) is 2.74. The van der Waals surface area contributed by atoms with Crippen LogP contribution in [0.15, 0.2) is 58.8 Å². The van der Waals surface area contributed by atoms with Crippen LogP contribution in [-0.4, -0.2) is 39.5 Å². The van der Waals surface area contributed by atoms with Gasteiger partial charge in [-0.3, -0.25) is 9.10 Å². The minimum absolute atomic E-state index is 0.0519. The molecule has 8 nitrogen and oxygen atoms in total. The van der Waals surface area contributed by atoms with E-state index in [-0.39, 0.29) is 16.3 Å². The van der Waals surface area contributed by atoms with Gasteiger partial charge in [0.25, 0.3) is 10.0 Å². The number of nitrogens with one attached hydrogen (secondary N) is 1. The molecule has 0 saturated heterocycles. The number of anilines is 2. The van der Waals surface area contributed by atoms with Crippen LogP contribution in [-0.2, 0) is 14.8 Å². The van der Waals surface area contributed by atoms with Crippen molar-refractivity contribution in [1.82, 2.24) is 4.37 Å². The van der Waals surface area contributed by atoms with Crippen LogP contribution in [0.5, 0.6) is 11.5 Å². The smallest absolute Gasteiger partial charge is 0.264 e. The molecule has 0 bridgehead atoms. The Bertz CT molecular complexity index is 1130. The number of nitrogens with zero attached hydrogens (tertiary/aromatic N) is 2. The number of carbonyl (C=O) groups is 1. The Hall–Kier alpha value is -3.11. The Balaban J connectivity index is 2.05. The molecule has 0 aliphatic carbocycles. The molecule has 0 unspecified atom stereocenters. The molecular formula is C20H21N3O5S2. The molecule has 0 aliphatic rings. The van der Waals surface area contributed by atoms with E-state index in [4.69, 9.17) is 9.47 Å². The van der Waals surface area contributed by atoms with Crippen molar-refractivity contribution in [2.24, 2.45) is 0 Å². The van der Waals surface area contributed by atoms with Gasteiger partial charge in [0.05, 0.1) is 36.2 Å². The van der Waals surface area contributed by atoms with Gasteiger partial charge >= 0.3 is 0 Å². The summed E-state index contributed by atoms with van der Waals surface area (Å²) < 4.78 is 42.6. The van der Waals surface area contributed by atoms with Crippen molar-refractivity contribution in [1.29, 1.82) is 0 Å². The van der Waals surface area contributed by atoms with Gasteiger partial charge < -0.3 is 14.8 Å². The highest BCUT2D eigenvalue weighted by Gasteiger charge is 2.30. The molecule has 0 spiro atoms. The fourth-order valence-corrected chi connectivity index (χ4v) is 4.83. The summed E-state index contributed by atoms with van der Waals surface area (Å²) in [7, 11) is -1.17. The molecule has 1 aromatic heterocycles. The maximum absolute atomic E-state index is 13.4. The summed E-state index contributed by atoms with van der Waals surface area (Å²) in [5, 5.41) is 4.40. The summed E-state index contributed by atoms with van der Waals surface area (Å²) in [6, 6.07) is 12.7. The van der Waals surface area contributed by atoms with Crippen molar-refractivity contribution in [2.75, 3.05) is 30.4 Å². The molecule has 158 valence electrons. The Labute approximate surface area is 179 Å². The number of ether oxygens (including phenoxy) is 2. The first-order valence-corrected chi connectivity index (χ1v) is 11.1. The number of aryl methyl sites for hydroxylation is 1.